The van der Waals surface area contributed by atoms with E-state index in [0.29, 0.717) is 6.54 Å². The molecule has 1 amide bonds. The Morgan fingerprint density at radius 1 is 1.39 bits per heavy atom. The molecule has 98 valence electrons. The van der Waals surface area contributed by atoms with Gasteiger partial charge in [-0.1, -0.05) is 0 Å². The number of hydrogen-bond acceptors (Lipinski definition) is 2. The first-order chi connectivity index (χ1) is 8.58. The number of halogens is 3. The quantitative estimate of drug-likeness (QED) is 0.823. The lowest BCUT2D eigenvalue weighted by atomic mass is 9.99. The van der Waals surface area contributed by atoms with Crippen molar-refractivity contribution in [1.82, 2.24) is 5.32 Å². The highest BCUT2D eigenvalue weighted by atomic mass is 79.9. The average molecular weight is 319 g/mol. The fraction of sp³-hybridized carbons (Fsp3) is 0.417. The van der Waals surface area contributed by atoms with E-state index in [1.807, 2.05) is 0 Å². The number of anilines is 1. The van der Waals surface area contributed by atoms with Gasteiger partial charge in [0.05, 0.1) is 16.1 Å². The Hall–Kier alpha value is -1.01. The summed E-state index contributed by atoms with van der Waals surface area (Å²) in [6.07, 6.45) is 1.68. The Balaban J connectivity index is 2.08. The first-order valence-corrected chi connectivity index (χ1v) is 6.53. The van der Waals surface area contributed by atoms with Crippen molar-refractivity contribution in [2.24, 2.45) is 5.92 Å². The van der Waals surface area contributed by atoms with Crippen LogP contribution in [0.5, 0.6) is 0 Å². The van der Waals surface area contributed by atoms with E-state index in [1.165, 1.54) is 0 Å². The summed E-state index contributed by atoms with van der Waals surface area (Å²) >= 11 is 2.89. The summed E-state index contributed by atoms with van der Waals surface area (Å²) in [7, 11) is 0. The lowest BCUT2D eigenvalue weighted by Gasteiger charge is -2.22. The molecule has 2 rings (SSSR count). The van der Waals surface area contributed by atoms with E-state index in [2.05, 4.69) is 26.6 Å². The number of nitrogens with one attached hydrogen (secondary N) is 2. The summed E-state index contributed by atoms with van der Waals surface area (Å²) in [5.41, 5.74) is -0.119. The van der Waals surface area contributed by atoms with Crippen LogP contribution in [0.15, 0.2) is 16.6 Å². The van der Waals surface area contributed by atoms with E-state index in [1.54, 1.807) is 0 Å². The molecule has 1 aromatic carbocycles. The maximum absolute atomic E-state index is 13.5. The Labute approximate surface area is 112 Å². The molecule has 0 bridgehead atoms. The van der Waals surface area contributed by atoms with E-state index in [4.69, 9.17) is 0 Å². The average Bonchev–Trinajstić information content (AvgIpc) is 2.37. The molecule has 1 atom stereocenters. The fourth-order valence-electron chi connectivity index (χ4n) is 1.93. The van der Waals surface area contributed by atoms with E-state index in [0.717, 1.165) is 31.5 Å². The van der Waals surface area contributed by atoms with E-state index < -0.39 is 11.6 Å². The number of benzene rings is 1. The van der Waals surface area contributed by atoms with Crippen LogP contribution in [0.1, 0.15) is 12.8 Å². The van der Waals surface area contributed by atoms with Crippen molar-refractivity contribution in [3.8, 4) is 0 Å². The second-order valence-electron chi connectivity index (χ2n) is 4.28. The van der Waals surface area contributed by atoms with Crippen molar-refractivity contribution in [1.29, 1.82) is 0 Å². The number of amides is 1. The molecule has 1 aliphatic rings. The van der Waals surface area contributed by atoms with Gasteiger partial charge in [0.15, 0.2) is 0 Å². The predicted molar refractivity (Wildman–Crippen MR) is 68.3 cm³/mol. The highest BCUT2D eigenvalue weighted by Crippen LogP contribution is 2.24. The standard InChI is InChI=1S/C12H13BrF2N2O/c13-8-4-10(15)11(5-9(8)14)17-12(18)7-2-1-3-16-6-7/h4-5,7,16H,1-3,6H2,(H,17,18)/t7-/m0/s1. The van der Waals surface area contributed by atoms with E-state index in [-0.39, 0.29) is 22.0 Å². The van der Waals surface area contributed by atoms with Gasteiger partial charge in [-0.15, -0.1) is 0 Å². The number of hydrogen-bond donors (Lipinski definition) is 2. The maximum Gasteiger partial charge on any atom is 0.228 e. The summed E-state index contributed by atoms with van der Waals surface area (Å²) in [6, 6.07) is 1.98. The molecule has 1 heterocycles. The lowest BCUT2D eigenvalue weighted by molar-refractivity contribution is -0.120. The third kappa shape index (κ3) is 3.05. The molecule has 6 heteroatoms. The minimum absolute atomic E-state index is 0.0392. The Bertz CT molecular complexity index is 462. The van der Waals surface area contributed by atoms with Gasteiger partial charge in [0, 0.05) is 12.6 Å². The van der Waals surface area contributed by atoms with Gasteiger partial charge in [0.25, 0.3) is 0 Å². The van der Waals surface area contributed by atoms with E-state index in [9.17, 15) is 13.6 Å². The molecular formula is C12H13BrF2N2O. The molecule has 1 saturated heterocycles. The van der Waals surface area contributed by atoms with Gasteiger partial charge < -0.3 is 10.6 Å². The number of carbonyl (C=O) groups is 1. The molecule has 0 unspecified atom stereocenters. The van der Waals surface area contributed by atoms with Crippen LogP contribution < -0.4 is 10.6 Å². The highest BCUT2D eigenvalue weighted by Gasteiger charge is 2.22. The van der Waals surface area contributed by atoms with Crippen molar-refractivity contribution in [3.63, 3.8) is 0 Å². The molecular weight excluding hydrogens is 306 g/mol. The van der Waals surface area contributed by atoms with Crippen LogP contribution in [0.4, 0.5) is 14.5 Å². The second kappa shape index (κ2) is 5.75. The van der Waals surface area contributed by atoms with Crippen LogP contribution in [-0.2, 0) is 4.79 Å². The van der Waals surface area contributed by atoms with Crippen molar-refractivity contribution in [2.75, 3.05) is 18.4 Å². The number of carbonyl (C=O) groups excluding carboxylic acids is 1. The van der Waals surface area contributed by atoms with Gasteiger partial charge in [0.1, 0.15) is 11.6 Å². The van der Waals surface area contributed by atoms with Gasteiger partial charge in [-0.05, 0) is 41.4 Å². The third-order valence-corrected chi connectivity index (χ3v) is 3.54. The fourth-order valence-corrected chi connectivity index (χ4v) is 2.24. The Morgan fingerprint density at radius 3 is 2.83 bits per heavy atom. The molecule has 0 spiro atoms. The normalized spacial score (nSPS) is 19.6. The minimum Gasteiger partial charge on any atom is -0.323 e. The van der Waals surface area contributed by atoms with Gasteiger partial charge in [-0.2, -0.15) is 0 Å². The zero-order valence-corrected chi connectivity index (χ0v) is 11.2. The zero-order valence-electron chi connectivity index (χ0n) is 9.60. The van der Waals surface area contributed by atoms with Gasteiger partial charge in [-0.3, -0.25) is 4.79 Å². The molecule has 0 aliphatic carbocycles. The first-order valence-electron chi connectivity index (χ1n) is 5.74. The smallest absolute Gasteiger partial charge is 0.228 e. The summed E-state index contributed by atoms with van der Waals surface area (Å²) in [4.78, 5) is 11.9. The molecule has 1 fully saturated rings. The number of rotatable bonds is 2. The predicted octanol–water partition coefficient (Wildman–Crippen LogP) is 2.67. The summed E-state index contributed by atoms with van der Waals surface area (Å²) in [5.74, 6) is -1.72. The molecule has 1 aliphatic heterocycles. The van der Waals surface area contributed by atoms with Crippen molar-refractivity contribution >= 4 is 27.5 Å². The third-order valence-electron chi connectivity index (χ3n) is 2.94. The molecule has 1 aromatic rings. The molecule has 2 N–H and O–H groups in total. The maximum atomic E-state index is 13.5. The lowest BCUT2D eigenvalue weighted by Crippen LogP contribution is -2.37. The Morgan fingerprint density at radius 2 is 2.17 bits per heavy atom. The van der Waals surface area contributed by atoms with Crippen LogP contribution in [0.3, 0.4) is 0 Å². The molecule has 0 saturated carbocycles. The SMILES string of the molecule is O=C(Nc1cc(F)c(Br)cc1F)[C@H]1CCCNC1. The monoisotopic (exact) mass is 318 g/mol. The van der Waals surface area contributed by atoms with Crippen LogP contribution >= 0.6 is 15.9 Å². The van der Waals surface area contributed by atoms with Crippen LogP contribution in [0.25, 0.3) is 0 Å². The minimum atomic E-state index is -0.652. The van der Waals surface area contributed by atoms with Gasteiger partial charge in [0.2, 0.25) is 5.91 Å². The first kappa shape index (κ1) is 13.4. The van der Waals surface area contributed by atoms with Crippen LogP contribution in [-0.4, -0.2) is 19.0 Å². The summed E-state index contributed by atoms with van der Waals surface area (Å²) in [5, 5.41) is 5.53. The molecule has 0 radical (unpaired) electrons. The second-order valence-corrected chi connectivity index (χ2v) is 5.13. The molecule has 0 aromatic heterocycles. The zero-order chi connectivity index (χ0) is 13.1. The van der Waals surface area contributed by atoms with Crippen molar-refractivity contribution in [3.05, 3.63) is 28.2 Å². The van der Waals surface area contributed by atoms with Gasteiger partial charge in [-0.25, -0.2) is 8.78 Å². The van der Waals surface area contributed by atoms with Crippen LogP contribution in [0.2, 0.25) is 0 Å². The summed E-state index contributed by atoms with van der Waals surface area (Å²) in [6.45, 7) is 1.47. The van der Waals surface area contributed by atoms with E-state index >= 15 is 0 Å². The Kier molecular flexibility index (Phi) is 4.29. The van der Waals surface area contributed by atoms with Crippen molar-refractivity contribution < 1.29 is 13.6 Å². The highest BCUT2D eigenvalue weighted by molar-refractivity contribution is 9.10. The van der Waals surface area contributed by atoms with Gasteiger partial charge >= 0.3 is 0 Å². The molecule has 3 nitrogen and oxygen atoms in total. The largest absolute Gasteiger partial charge is 0.323 e. The summed E-state index contributed by atoms with van der Waals surface area (Å²) < 4.78 is 26.8. The van der Waals surface area contributed by atoms with Crippen LogP contribution in [0, 0.1) is 17.6 Å². The molecule has 18 heavy (non-hydrogen) atoms. The number of piperidine rings is 1. The topological polar surface area (TPSA) is 41.1 Å². The van der Waals surface area contributed by atoms with Crippen molar-refractivity contribution in [2.45, 2.75) is 12.8 Å².